The SMILES string of the molecule is CNC1CCCN(C2CCCN(c3cnn(C)c3)C2=O)C1. The lowest BCUT2D eigenvalue weighted by atomic mass is 9.98. The van der Waals surface area contributed by atoms with E-state index < -0.39 is 0 Å². The Hall–Kier alpha value is -1.40. The molecule has 2 saturated heterocycles. The molecule has 0 bridgehead atoms. The first-order chi connectivity index (χ1) is 10.2. The van der Waals surface area contributed by atoms with Crippen molar-refractivity contribution in [2.45, 2.75) is 37.8 Å². The number of aromatic nitrogens is 2. The second kappa shape index (κ2) is 6.15. The first-order valence-corrected chi connectivity index (χ1v) is 7.90. The van der Waals surface area contributed by atoms with Crippen LogP contribution in [-0.2, 0) is 11.8 Å². The molecule has 2 fully saturated rings. The summed E-state index contributed by atoms with van der Waals surface area (Å²) in [5.41, 5.74) is 0.925. The molecule has 2 unspecified atom stereocenters. The summed E-state index contributed by atoms with van der Waals surface area (Å²) in [5, 5.41) is 7.54. The van der Waals surface area contributed by atoms with Crippen molar-refractivity contribution in [2.24, 2.45) is 7.05 Å². The van der Waals surface area contributed by atoms with Gasteiger partial charge in [0.05, 0.1) is 17.9 Å². The van der Waals surface area contributed by atoms with Gasteiger partial charge in [-0.1, -0.05) is 0 Å². The quantitative estimate of drug-likeness (QED) is 0.886. The second-order valence-electron chi connectivity index (χ2n) is 6.14. The number of hydrogen-bond donors (Lipinski definition) is 1. The van der Waals surface area contributed by atoms with E-state index >= 15 is 0 Å². The van der Waals surface area contributed by atoms with E-state index in [1.807, 2.05) is 25.2 Å². The molecule has 0 spiro atoms. The zero-order valence-electron chi connectivity index (χ0n) is 13.0. The zero-order chi connectivity index (χ0) is 14.8. The van der Waals surface area contributed by atoms with Gasteiger partial charge in [0.1, 0.15) is 0 Å². The molecule has 116 valence electrons. The van der Waals surface area contributed by atoms with Gasteiger partial charge in [-0.15, -0.1) is 0 Å². The van der Waals surface area contributed by atoms with Crippen molar-refractivity contribution in [1.82, 2.24) is 20.0 Å². The van der Waals surface area contributed by atoms with E-state index in [1.54, 1.807) is 10.9 Å². The van der Waals surface area contributed by atoms with Gasteiger partial charge in [0, 0.05) is 32.4 Å². The Morgan fingerprint density at radius 3 is 2.81 bits per heavy atom. The maximum atomic E-state index is 12.9. The van der Waals surface area contributed by atoms with Crippen LogP contribution in [0.3, 0.4) is 0 Å². The van der Waals surface area contributed by atoms with Crippen LogP contribution in [0.1, 0.15) is 25.7 Å². The molecule has 0 aliphatic carbocycles. The molecule has 0 saturated carbocycles. The standard InChI is InChI=1S/C15H25N5O/c1-16-12-5-3-7-19(10-12)14-6-4-8-20(15(14)21)13-9-17-18(2)11-13/h9,11-12,14,16H,3-8,10H2,1-2H3. The number of nitrogens with one attached hydrogen (secondary N) is 1. The third kappa shape index (κ3) is 2.96. The number of carbonyl (C=O) groups is 1. The molecule has 6 nitrogen and oxygen atoms in total. The van der Waals surface area contributed by atoms with Gasteiger partial charge < -0.3 is 10.2 Å². The summed E-state index contributed by atoms with van der Waals surface area (Å²) in [6.45, 7) is 2.83. The molecule has 2 atom stereocenters. The van der Waals surface area contributed by atoms with Crippen molar-refractivity contribution in [3.8, 4) is 0 Å². The van der Waals surface area contributed by atoms with E-state index in [2.05, 4.69) is 15.3 Å². The minimum Gasteiger partial charge on any atom is -0.316 e. The Morgan fingerprint density at radius 1 is 1.29 bits per heavy atom. The second-order valence-corrected chi connectivity index (χ2v) is 6.14. The predicted molar refractivity (Wildman–Crippen MR) is 82.2 cm³/mol. The number of aryl methyl sites for hydroxylation is 1. The highest BCUT2D eigenvalue weighted by molar-refractivity contribution is 5.97. The molecule has 3 heterocycles. The fourth-order valence-electron chi connectivity index (χ4n) is 3.52. The topological polar surface area (TPSA) is 53.4 Å². The Morgan fingerprint density at radius 2 is 2.10 bits per heavy atom. The average molecular weight is 291 g/mol. The van der Waals surface area contributed by atoms with Crippen LogP contribution in [-0.4, -0.2) is 59.4 Å². The predicted octanol–water partition coefficient (Wildman–Crippen LogP) is 0.599. The summed E-state index contributed by atoms with van der Waals surface area (Å²) >= 11 is 0. The van der Waals surface area contributed by atoms with Crippen molar-refractivity contribution in [2.75, 3.05) is 31.6 Å². The molecule has 2 aliphatic rings. The van der Waals surface area contributed by atoms with E-state index in [9.17, 15) is 4.79 Å². The number of piperidine rings is 2. The van der Waals surface area contributed by atoms with Gasteiger partial charge >= 0.3 is 0 Å². The summed E-state index contributed by atoms with van der Waals surface area (Å²) in [4.78, 5) is 17.1. The molecule has 1 aromatic heterocycles. The number of likely N-dealkylation sites (tertiary alicyclic amines) is 1. The molecule has 1 N–H and O–H groups in total. The molecule has 3 rings (SSSR count). The highest BCUT2D eigenvalue weighted by Gasteiger charge is 2.36. The monoisotopic (exact) mass is 291 g/mol. The minimum atomic E-state index is 0.0371. The largest absolute Gasteiger partial charge is 0.316 e. The van der Waals surface area contributed by atoms with Crippen LogP contribution in [0.2, 0.25) is 0 Å². The molecule has 1 amide bonds. The highest BCUT2D eigenvalue weighted by Crippen LogP contribution is 2.25. The van der Waals surface area contributed by atoms with Crippen LogP contribution < -0.4 is 10.2 Å². The number of anilines is 1. The van der Waals surface area contributed by atoms with Gasteiger partial charge in [0.15, 0.2) is 0 Å². The number of carbonyl (C=O) groups excluding carboxylic acids is 1. The number of rotatable bonds is 3. The third-order valence-corrected chi connectivity index (χ3v) is 4.72. The van der Waals surface area contributed by atoms with Crippen molar-refractivity contribution >= 4 is 11.6 Å². The van der Waals surface area contributed by atoms with Gasteiger partial charge in [-0.2, -0.15) is 5.10 Å². The van der Waals surface area contributed by atoms with Crippen LogP contribution in [0.15, 0.2) is 12.4 Å². The minimum absolute atomic E-state index is 0.0371. The Labute approximate surface area is 126 Å². The summed E-state index contributed by atoms with van der Waals surface area (Å²) in [6.07, 6.45) is 8.13. The van der Waals surface area contributed by atoms with Crippen LogP contribution >= 0.6 is 0 Å². The summed E-state index contributed by atoms with van der Waals surface area (Å²) < 4.78 is 1.75. The number of hydrogen-bond acceptors (Lipinski definition) is 4. The van der Waals surface area contributed by atoms with Crippen LogP contribution in [0, 0.1) is 0 Å². The van der Waals surface area contributed by atoms with E-state index in [4.69, 9.17) is 0 Å². The van der Waals surface area contributed by atoms with Gasteiger partial charge in [0.25, 0.3) is 0 Å². The normalized spacial score (nSPS) is 28.1. The van der Waals surface area contributed by atoms with Crippen molar-refractivity contribution < 1.29 is 4.79 Å². The van der Waals surface area contributed by atoms with E-state index in [0.717, 1.165) is 38.2 Å². The summed E-state index contributed by atoms with van der Waals surface area (Å²) in [7, 11) is 3.90. The van der Waals surface area contributed by atoms with E-state index in [0.29, 0.717) is 6.04 Å². The Bertz CT molecular complexity index is 500. The van der Waals surface area contributed by atoms with Gasteiger partial charge in [-0.05, 0) is 39.3 Å². The Kier molecular flexibility index (Phi) is 4.26. The Balaban J connectivity index is 1.72. The maximum absolute atomic E-state index is 12.9. The number of amides is 1. The van der Waals surface area contributed by atoms with E-state index in [1.165, 1.54) is 12.8 Å². The molecule has 0 aromatic carbocycles. The molecule has 0 radical (unpaired) electrons. The lowest BCUT2D eigenvalue weighted by Crippen LogP contribution is -2.57. The van der Waals surface area contributed by atoms with Crippen LogP contribution in [0.25, 0.3) is 0 Å². The van der Waals surface area contributed by atoms with Crippen LogP contribution in [0.4, 0.5) is 5.69 Å². The molecule has 2 aliphatic heterocycles. The number of nitrogens with zero attached hydrogens (tertiary/aromatic N) is 4. The number of likely N-dealkylation sites (N-methyl/N-ethyl adjacent to an activating group) is 1. The zero-order valence-corrected chi connectivity index (χ0v) is 13.0. The smallest absolute Gasteiger partial charge is 0.244 e. The first-order valence-electron chi connectivity index (χ1n) is 7.90. The molecular formula is C15H25N5O. The van der Waals surface area contributed by atoms with Gasteiger partial charge in [-0.3, -0.25) is 14.4 Å². The maximum Gasteiger partial charge on any atom is 0.244 e. The van der Waals surface area contributed by atoms with Crippen LogP contribution in [0.5, 0.6) is 0 Å². The van der Waals surface area contributed by atoms with Crippen molar-refractivity contribution in [1.29, 1.82) is 0 Å². The third-order valence-electron chi connectivity index (χ3n) is 4.72. The molecular weight excluding hydrogens is 266 g/mol. The first kappa shape index (κ1) is 14.5. The summed E-state index contributed by atoms with van der Waals surface area (Å²) in [6, 6.07) is 0.551. The molecule has 6 heteroatoms. The van der Waals surface area contributed by atoms with E-state index in [-0.39, 0.29) is 11.9 Å². The van der Waals surface area contributed by atoms with Crippen molar-refractivity contribution in [3.05, 3.63) is 12.4 Å². The summed E-state index contributed by atoms with van der Waals surface area (Å²) in [5.74, 6) is 0.242. The van der Waals surface area contributed by atoms with Gasteiger partial charge in [0.2, 0.25) is 5.91 Å². The van der Waals surface area contributed by atoms with Gasteiger partial charge in [-0.25, -0.2) is 0 Å². The fourth-order valence-corrected chi connectivity index (χ4v) is 3.52. The molecule has 21 heavy (non-hydrogen) atoms. The highest BCUT2D eigenvalue weighted by atomic mass is 16.2. The molecule has 1 aromatic rings. The lowest BCUT2D eigenvalue weighted by Gasteiger charge is -2.41. The lowest BCUT2D eigenvalue weighted by molar-refractivity contribution is -0.126. The average Bonchev–Trinajstić information content (AvgIpc) is 2.94. The fraction of sp³-hybridized carbons (Fsp3) is 0.733. The van der Waals surface area contributed by atoms with Crippen molar-refractivity contribution in [3.63, 3.8) is 0 Å².